The topological polar surface area (TPSA) is 49.7 Å². The van der Waals surface area contributed by atoms with E-state index in [0.717, 1.165) is 11.1 Å². The number of aryl methyl sites for hydroxylation is 2. The van der Waals surface area contributed by atoms with E-state index in [0.29, 0.717) is 5.75 Å². The second-order valence-corrected chi connectivity index (χ2v) is 2.77. The van der Waals surface area contributed by atoms with E-state index in [9.17, 15) is 0 Å². The van der Waals surface area contributed by atoms with Crippen molar-refractivity contribution >= 4 is 58.7 Å². The predicted molar refractivity (Wildman–Crippen MR) is 53.9 cm³/mol. The zero-order chi connectivity index (χ0) is 9.14. The van der Waals surface area contributed by atoms with E-state index in [-0.39, 0.29) is 51.4 Å². The van der Waals surface area contributed by atoms with E-state index in [1.807, 2.05) is 19.9 Å². The summed E-state index contributed by atoms with van der Waals surface area (Å²) in [6, 6.07) is 5.47. The Morgan fingerprint density at radius 2 is 1.54 bits per heavy atom. The first-order chi connectivity index (χ1) is 5.58. The molecule has 0 aliphatic carbocycles. The number of hydrogen-bond acceptors (Lipinski definition) is 3. The molecular formula is C8H12BKO3. The van der Waals surface area contributed by atoms with Crippen molar-refractivity contribution in [3.8, 4) is 5.75 Å². The maximum absolute atomic E-state index is 8.52. The first-order valence-corrected chi connectivity index (χ1v) is 3.69. The monoisotopic (exact) mass is 206 g/mol. The van der Waals surface area contributed by atoms with E-state index in [1.165, 1.54) is 0 Å². The molecule has 0 heterocycles. The Labute approximate surface area is 121 Å². The third kappa shape index (κ3) is 5.17. The fourth-order valence-corrected chi connectivity index (χ4v) is 1.12. The van der Waals surface area contributed by atoms with Gasteiger partial charge in [-0.3, -0.25) is 0 Å². The fourth-order valence-electron chi connectivity index (χ4n) is 1.12. The van der Waals surface area contributed by atoms with Crippen LogP contribution in [0.25, 0.3) is 0 Å². The van der Waals surface area contributed by atoms with Crippen LogP contribution >= 0.6 is 0 Å². The number of rotatable bonds is 2. The van der Waals surface area contributed by atoms with E-state index in [1.54, 1.807) is 12.1 Å². The fraction of sp³-hybridized carbons (Fsp3) is 0.250. The minimum absolute atomic E-state index is 0. The van der Waals surface area contributed by atoms with Gasteiger partial charge in [0.05, 0.1) is 0 Å². The van der Waals surface area contributed by atoms with Gasteiger partial charge in [0.15, 0.2) is 0 Å². The van der Waals surface area contributed by atoms with Crippen LogP contribution in [0.3, 0.4) is 0 Å². The molecule has 0 radical (unpaired) electrons. The molecule has 3 nitrogen and oxygen atoms in total. The summed E-state index contributed by atoms with van der Waals surface area (Å²) in [6.07, 6.45) is 0. The summed E-state index contributed by atoms with van der Waals surface area (Å²) >= 11 is 0. The van der Waals surface area contributed by atoms with Crippen molar-refractivity contribution < 1.29 is 14.7 Å². The van der Waals surface area contributed by atoms with Gasteiger partial charge in [-0.2, -0.15) is 0 Å². The summed E-state index contributed by atoms with van der Waals surface area (Å²) < 4.78 is 4.69. The molecule has 1 aromatic carbocycles. The van der Waals surface area contributed by atoms with Crippen LogP contribution < -0.4 is 4.65 Å². The normalized spacial score (nSPS) is 8.92. The van der Waals surface area contributed by atoms with Crippen molar-refractivity contribution in [1.82, 2.24) is 0 Å². The van der Waals surface area contributed by atoms with Gasteiger partial charge in [-0.25, -0.2) is 0 Å². The van der Waals surface area contributed by atoms with E-state index >= 15 is 0 Å². The molecule has 66 valence electrons. The molecule has 0 bridgehead atoms. The Hall–Kier alpha value is 0.641. The molecule has 1 rings (SSSR count). The standard InChI is InChI=1S/C8H11BO3.K.H/c1-6-3-7(2)5-8(4-6)12-9(10)11;;/h3-5,10-11H,1-2H3;;. The second kappa shape index (κ2) is 6.19. The summed E-state index contributed by atoms with van der Waals surface area (Å²) in [5, 5.41) is 17.0. The van der Waals surface area contributed by atoms with Crippen molar-refractivity contribution in [2.75, 3.05) is 0 Å². The molecule has 0 amide bonds. The van der Waals surface area contributed by atoms with Crippen molar-refractivity contribution in [2.45, 2.75) is 13.8 Å². The molecule has 0 unspecified atom stereocenters. The molecule has 0 spiro atoms. The second-order valence-electron chi connectivity index (χ2n) is 2.77. The number of benzene rings is 1. The molecule has 0 aliphatic heterocycles. The van der Waals surface area contributed by atoms with E-state index in [2.05, 4.69) is 4.65 Å². The predicted octanol–water partition coefficient (Wildman–Crippen LogP) is 0.00324. The van der Waals surface area contributed by atoms with Gasteiger partial charge in [0.1, 0.15) is 5.75 Å². The van der Waals surface area contributed by atoms with Gasteiger partial charge >= 0.3 is 58.7 Å². The summed E-state index contributed by atoms with van der Waals surface area (Å²) in [7, 11) is -1.74. The first kappa shape index (κ1) is 13.6. The van der Waals surface area contributed by atoms with Gasteiger partial charge in [0.25, 0.3) is 0 Å². The number of hydrogen-bond donors (Lipinski definition) is 2. The van der Waals surface area contributed by atoms with Crippen LogP contribution in [0, 0.1) is 13.8 Å². The van der Waals surface area contributed by atoms with Gasteiger partial charge in [0, 0.05) is 0 Å². The maximum atomic E-state index is 8.52. The SMILES string of the molecule is Cc1cc(C)cc(OB(O)O)c1.[KH]. The molecular weight excluding hydrogens is 194 g/mol. The molecule has 0 fully saturated rings. The summed E-state index contributed by atoms with van der Waals surface area (Å²) in [4.78, 5) is 0. The Balaban J connectivity index is 0.00000144. The van der Waals surface area contributed by atoms with Gasteiger partial charge in [-0.1, -0.05) is 6.07 Å². The Bertz CT molecular complexity index is 258. The van der Waals surface area contributed by atoms with E-state index < -0.39 is 7.32 Å². The molecule has 0 saturated carbocycles. The Morgan fingerprint density at radius 3 is 1.92 bits per heavy atom. The molecule has 1 aromatic rings. The average molecular weight is 206 g/mol. The van der Waals surface area contributed by atoms with Crippen LogP contribution in [0.2, 0.25) is 0 Å². The van der Waals surface area contributed by atoms with Crippen molar-refractivity contribution in [1.29, 1.82) is 0 Å². The zero-order valence-corrected chi connectivity index (χ0v) is 7.11. The van der Waals surface area contributed by atoms with Gasteiger partial charge in [-0.15, -0.1) is 0 Å². The van der Waals surface area contributed by atoms with Crippen LogP contribution in [0.5, 0.6) is 5.75 Å². The first-order valence-electron chi connectivity index (χ1n) is 3.69. The molecule has 0 saturated heterocycles. The van der Waals surface area contributed by atoms with Crippen LogP contribution in [-0.2, 0) is 0 Å². The van der Waals surface area contributed by atoms with Crippen LogP contribution in [0.15, 0.2) is 18.2 Å². The summed E-state index contributed by atoms with van der Waals surface area (Å²) in [5.74, 6) is 0.475. The van der Waals surface area contributed by atoms with Crippen LogP contribution in [0.4, 0.5) is 0 Å². The van der Waals surface area contributed by atoms with Gasteiger partial charge in [-0.05, 0) is 37.1 Å². The van der Waals surface area contributed by atoms with Crippen molar-refractivity contribution in [3.05, 3.63) is 29.3 Å². The molecule has 13 heavy (non-hydrogen) atoms. The molecule has 0 atom stereocenters. The zero-order valence-electron chi connectivity index (χ0n) is 7.11. The van der Waals surface area contributed by atoms with Crippen molar-refractivity contribution in [3.63, 3.8) is 0 Å². The van der Waals surface area contributed by atoms with Gasteiger partial charge in [0.2, 0.25) is 0 Å². The third-order valence-corrected chi connectivity index (χ3v) is 1.44. The Kier molecular flexibility index (Phi) is 6.49. The summed E-state index contributed by atoms with van der Waals surface area (Å²) in [6.45, 7) is 3.84. The van der Waals surface area contributed by atoms with Crippen LogP contribution in [-0.4, -0.2) is 68.8 Å². The van der Waals surface area contributed by atoms with Gasteiger partial charge < -0.3 is 14.7 Å². The van der Waals surface area contributed by atoms with E-state index in [4.69, 9.17) is 10.0 Å². The quantitative estimate of drug-likeness (QED) is 0.670. The van der Waals surface area contributed by atoms with Crippen molar-refractivity contribution in [2.24, 2.45) is 0 Å². The average Bonchev–Trinajstić information content (AvgIpc) is 1.81. The molecule has 5 heteroatoms. The molecule has 2 N–H and O–H groups in total. The molecule has 0 aromatic heterocycles. The Morgan fingerprint density at radius 1 is 1.08 bits per heavy atom. The molecule has 0 aliphatic rings. The minimum atomic E-state index is -1.74. The summed E-state index contributed by atoms with van der Waals surface area (Å²) in [5.41, 5.74) is 2.07. The van der Waals surface area contributed by atoms with Crippen LogP contribution in [0.1, 0.15) is 11.1 Å². The third-order valence-electron chi connectivity index (χ3n) is 1.44.